The van der Waals surface area contributed by atoms with Gasteiger partial charge in [0, 0.05) is 19.0 Å². The molecule has 3 atom stereocenters. The van der Waals surface area contributed by atoms with E-state index in [1.807, 2.05) is 0 Å². The molecule has 4 nitrogen and oxygen atoms in total. The fourth-order valence-electron chi connectivity index (χ4n) is 1.06. The van der Waals surface area contributed by atoms with Gasteiger partial charge in [-0.15, -0.1) is 0 Å². The summed E-state index contributed by atoms with van der Waals surface area (Å²) in [6.07, 6.45) is -0.101. The Labute approximate surface area is 98.6 Å². The summed E-state index contributed by atoms with van der Waals surface area (Å²) >= 11 is 0. The van der Waals surface area contributed by atoms with Crippen molar-refractivity contribution in [2.24, 2.45) is 17.1 Å². The molecule has 0 radical (unpaired) electrons. The van der Waals surface area contributed by atoms with Gasteiger partial charge in [-0.1, -0.05) is 27.7 Å². The molecule has 0 aliphatic rings. The molecule has 0 aliphatic heterocycles. The van der Waals surface area contributed by atoms with Crippen molar-refractivity contribution in [2.45, 2.75) is 53.2 Å². The molecule has 3 unspecified atom stereocenters. The number of nitrogens with two attached hydrogens (primary N) is 1. The van der Waals surface area contributed by atoms with E-state index in [0.29, 0.717) is 18.9 Å². The molecular weight excluding hydrogens is 204 g/mol. The number of amides is 1. The van der Waals surface area contributed by atoms with Crippen LogP contribution in [0.1, 0.15) is 41.0 Å². The minimum atomic E-state index is -0.597. The van der Waals surface area contributed by atoms with Crippen molar-refractivity contribution in [3.05, 3.63) is 0 Å². The lowest BCUT2D eigenvalue weighted by Gasteiger charge is -2.27. The number of hydrogen-bond donors (Lipinski definition) is 3. The lowest BCUT2D eigenvalue weighted by atomic mass is 9.80. The lowest BCUT2D eigenvalue weighted by molar-refractivity contribution is -0.122. The van der Waals surface area contributed by atoms with Gasteiger partial charge in [0.25, 0.3) is 0 Å². The highest BCUT2D eigenvalue weighted by Gasteiger charge is 2.22. The molecule has 0 heterocycles. The first kappa shape index (κ1) is 15.4. The fourth-order valence-corrected chi connectivity index (χ4v) is 1.06. The average Bonchev–Trinajstić information content (AvgIpc) is 2.12. The zero-order valence-corrected chi connectivity index (χ0v) is 11.1. The first-order chi connectivity index (χ1) is 7.14. The molecule has 0 aromatic rings. The van der Waals surface area contributed by atoms with Crippen LogP contribution in [0, 0.1) is 11.3 Å². The molecule has 0 spiro atoms. The van der Waals surface area contributed by atoms with E-state index in [-0.39, 0.29) is 11.3 Å². The van der Waals surface area contributed by atoms with Crippen molar-refractivity contribution in [3.63, 3.8) is 0 Å². The van der Waals surface area contributed by atoms with Crippen molar-refractivity contribution in [3.8, 4) is 0 Å². The van der Waals surface area contributed by atoms with E-state index < -0.39 is 12.1 Å². The molecule has 0 fully saturated rings. The Hall–Kier alpha value is -0.610. The van der Waals surface area contributed by atoms with Crippen molar-refractivity contribution < 1.29 is 9.90 Å². The van der Waals surface area contributed by atoms with Gasteiger partial charge >= 0.3 is 0 Å². The van der Waals surface area contributed by atoms with Gasteiger partial charge in [-0.3, -0.25) is 4.79 Å². The maximum atomic E-state index is 11.6. The summed E-state index contributed by atoms with van der Waals surface area (Å²) in [5.41, 5.74) is 5.75. The number of aliphatic hydroxyl groups is 1. The molecule has 0 saturated heterocycles. The topological polar surface area (TPSA) is 75.3 Å². The van der Waals surface area contributed by atoms with Gasteiger partial charge in [-0.05, 0) is 18.3 Å². The molecular formula is C12H26N2O2. The fraction of sp³-hybridized carbons (Fsp3) is 0.917. The molecule has 4 heteroatoms. The van der Waals surface area contributed by atoms with Gasteiger partial charge < -0.3 is 16.2 Å². The van der Waals surface area contributed by atoms with E-state index in [2.05, 4.69) is 33.0 Å². The highest BCUT2D eigenvalue weighted by Crippen LogP contribution is 2.27. The number of hydrogen-bond acceptors (Lipinski definition) is 3. The number of carbonyl (C=O) groups is 1. The van der Waals surface area contributed by atoms with Crippen molar-refractivity contribution >= 4 is 5.91 Å². The standard InChI is InChI=1S/C12H26N2O2/c1-8(12(3,4)5)6-11(16)14-7-10(13)9(2)15/h8-10,15H,6-7,13H2,1-5H3,(H,14,16). The molecule has 0 saturated carbocycles. The second kappa shape index (κ2) is 6.21. The maximum Gasteiger partial charge on any atom is 0.220 e. The number of aliphatic hydroxyl groups excluding tert-OH is 1. The van der Waals surface area contributed by atoms with Crippen LogP contribution in [0.4, 0.5) is 0 Å². The molecule has 1 amide bonds. The van der Waals surface area contributed by atoms with Gasteiger partial charge in [0.15, 0.2) is 0 Å². The Balaban J connectivity index is 3.92. The zero-order valence-electron chi connectivity index (χ0n) is 11.1. The van der Waals surface area contributed by atoms with Gasteiger partial charge in [0.05, 0.1) is 6.10 Å². The Bertz CT molecular complexity index is 222. The van der Waals surface area contributed by atoms with Crippen molar-refractivity contribution in [1.29, 1.82) is 0 Å². The molecule has 0 rings (SSSR count). The smallest absolute Gasteiger partial charge is 0.220 e. The number of carbonyl (C=O) groups excluding carboxylic acids is 1. The van der Waals surface area contributed by atoms with E-state index in [9.17, 15) is 4.79 Å². The Kier molecular flexibility index (Phi) is 5.97. The van der Waals surface area contributed by atoms with E-state index >= 15 is 0 Å². The Morgan fingerprint density at radius 1 is 1.38 bits per heavy atom. The molecule has 16 heavy (non-hydrogen) atoms. The summed E-state index contributed by atoms with van der Waals surface area (Å²) in [4.78, 5) is 11.6. The minimum absolute atomic E-state index is 0.00137. The maximum absolute atomic E-state index is 11.6. The predicted octanol–water partition coefficient (Wildman–Crippen LogP) is 0.883. The van der Waals surface area contributed by atoms with Crippen LogP contribution >= 0.6 is 0 Å². The third-order valence-corrected chi connectivity index (χ3v) is 3.12. The van der Waals surface area contributed by atoms with Gasteiger partial charge in [0.2, 0.25) is 5.91 Å². The summed E-state index contributed by atoms with van der Waals surface area (Å²) in [6, 6.07) is -0.395. The third-order valence-electron chi connectivity index (χ3n) is 3.12. The lowest BCUT2D eigenvalue weighted by Crippen LogP contribution is -2.44. The minimum Gasteiger partial charge on any atom is -0.392 e. The SMILES string of the molecule is CC(O)C(N)CNC(=O)CC(C)C(C)(C)C. The van der Waals surface area contributed by atoms with Crippen LogP contribution in [0.3, 0.4) is 0 Å². The highest BCUT2D eigenvalue weighted by molar-refractivity contribution is 5.76. The molecule has 4 N–H and O–H groups in total. The Morgan fingerprint density at radius 2 is 1.88 bits per heavy atom. The largest absolute Gasteiger partial charge is 0.392 e. The summed E-state index contributed by atoms with van der Waals surface area (Å²) in [6.45, 7) is 10.4. The quantitative estimate of drug-likeness (QED) is 0.656. The van der Waals surface area contributed by atoms with Crippen LogP contribution in [-0.4, -0.2) is 29.7 Å². The van der Waals surface area contributed by atoms with Crippen molar-refractivity contribution in [2.75, 3.05) is 6.54 Å². The summed E-state index contributed by atoms with van der Waals surface area (Å²) in [5, 5.41) is 11.9. The summed E-state index contributed by atoms with van der Waals surface area (Å²) in [7, 11) is 0. The predicted molar refractivity (Wildman–Crippen MR) is 65.9 cm³/mol. The Morgan fingerprint density at radius 3 is 2.25 bits per heavy atom. The van der Waals surface area contributed by atoms with Crippen LogP contribution in [0.25, 0.3) is 0 Å². The molecule has 96 valence electrons. The molecule has 0 bridgehead atoms. The molecule has 0 aliphatic carbocycles. The van der Waals surface area contributed by atoms with Crippen molar-refractivity contribution in [1.82, 2.24) is 5.32 Å². The van der Waals surface area contributed by atoms with Crippen LogP contribution in [0.15, 0.2) is 0 Å². The summed E-state index contributed by atoms with van der Waals surface area (Å²) in [5.74, 6) is 0.314. The first-order valence-electron chi connectivity index (χ1n) is 5.85. The van der Waals surface area contributed by atoms with Crippen LogP contribution in [-0.2, 0) is 4.79 Å². The van der Waals surface area contributed by atoms with E-state index in [4.69, 9.17) is 10.8 Å². The number of rotatable bonds is 5. The summed E-state index contributed by atoms with van der Waals surface area (Å²) < 4.78 is 0. The molecule has 0 aromatic heterocycles. The second-order valence-electron chi connectivity index (χ2n) is 5.68. The normalized spacial score (nSPS) is 17.7. The number of nitrogens with one attached hydrogen (secondary N) is 1. The van der Waals surface area contributed by atoms with Gasteiger partial charge in [-0.2, -0.15) is 0 Å². The highest BCUT2D eigenvalue weighted by atomic mass is 16.3. The second-order valence-corrected chi connectivity index (χ2v) is 5.68. The van der Waals surface area contributed by atoms with Crippen LogP contribution < -0.4 is 11.1 Å². The van der Waals surface area contributed by atoms with Crippen LogP contribution in [0.2, 0.25) is 0 Å². The van der Waals surface area contributed by atoms with E-state index in [1.54, 1.807) is 6.92 Å². The van der Waals surface area contributed by atoms with E-state index in [0.717, 1.165) is 0 Å². The first-order valence-corrected chi connectivity index (χ1v) is 5.85. The average molecular weight is 230 g/mol. The van der Waals surface area contributed by atoms with Gasteiger partial charge in [0.1, 0.15) is 0 Å². The van der Waals surface area contributed by atoms with Gasteiger partial charge in [-0.25, -0.2) is 0 Å². The monoisotopic (exact) mass is 230 g/mol. The van der Waals surface area contributed by atoms with Crippen LogP contribution in [0.5, 0.6) is 0 Å². The third kappa shape index (κ3) is 6.08. The molecule has 0 aromatic carbocycles. The zero-order chi connectivity index (χ0) is 12.9. The van der Waals surface area contributed by atoms with E-state index in [1.165, 1.54) is 0 Å².